The number of likely N-dealkylation sites (N-methyl/N-ethyl adjacent to an activating group) is 1. The van der Waals surface area contributed by atoms with Gasteiger partial charge in [-0.25, -0.2) is 18.7 Å². The summed E-state index contributed by atoms with van der Waals surface area (Å²) >= 11 is 0. The topological polar surface area (TPSA) is 61.4 Å². The zero-order valence-electron chi connectivity index (χ0n) is 13.9. The van der Waals surface area contributed by atoms with Crippen molar-refractivity contribution in [2.45, 2.75) is 6.92 Å². The average molecular weight is 347 g/mol. The quantitative estimate of drug-likeness (QED) is 0.919. The van der Waals surface area contributed by atoms with Gasteiger partial charge in [0.1, 0.15) is 23.1 Å². The van der Waals surface area contributed by atoms with E-state index in [1.807, 2.05) is 0 Å². The number of amides is 1. The highest BCUT2D eigenvalue weighted by Crippen LogP contribution is 2.19. The summed E-state index contributed by atoms with van der Waals surface area (Å²) in [5, 5.41) is 2.71. The van der Waals surface area contributed by atoms with E-state index >= 15 is 0 Å². The number of aromatic nitrogens is 2. The first kappa shape index (κ1) is 17.2. The Bertz CT molecular complexity index is 745. The predicted octanol–water partition coefficient (Wildman–Crippen LogP) is 2.28. The Hall–Kier alpha value is -2.61. The molecule has 3 rings (SSSR count). The van der Waals surface area contributed by atoms with E-state index in [0.29, 0.717) is 13.1 Å². The lowest BCUT2D eigenvalue weighted by atomic mass is 10.3. The van der Waals surface area contributed by atoms with Crippen LogP contribution in [-0.2, 0) is 0 Å². The number of nitrogens with one attached hydrogen (secondary N) is 1. The van der Waals surface area contributed by atoms with Crippen molar-refractivity contribution >= 4 is 17.4 Å². The Morgan fingerprint density at radius 1 is 1.16 bits per heavy atom. The number of benzene rings is 1. The number of piperazine rings is 1. The Balaban J connectivity index is 1.64. The van der Waals surface area contributed by atoms with E-state index in [1.54, 1.807) is 4.90 Å². The summed E-state index contributed by atoms with van der Waals surface area (Å²) in [5.41, 5.74) is 0.334. The van der Waals surface area contributed by atoms with Gasteiger partial charge in [-0.1, -0.05) is 6.92 Å². The van der Waals surface area contributed by atoms with Crippen LogP contribution in [0.4, 0.5) is 20.3 Å². The third-order valence-corrected chi connectivity index (χ3v) is 4.17. The van der Waals surface area contributed by atoms with Gasteiger partial charge in [0.25, 0.3) is 5.91 Å². The third kappa shape index (κ3) is 4.08. The second kappa shape index (κ2) is 7.52. The van der Waals surface area contributed by atoms with E-state index in [9.17, 15) is 13.6 Å². The number of hydrogen-bond acceptors (Lipinski definition) is 5. The fraction of sp³-hybridized carbons (Fsp3) is 0.353. The second-order valence-corrected chi connectivity index (χ2v) is 5.76. The molecule has 6 nitrogen and oxygen atoms in total. The molecule has 1 saturated heterocycles. The van der Waals surface area contributed by atoms with E-state index in [1.165, 1.54) is 18.5 Å². The standard InChI is InChI=1S/C17H19F2N5O/c1-2-23-5-7-24(8-6-23)17(25)15-10-21-16(11-20-15)22-14-4-3-12(18)9-13(14)19/h3-4,9-11H,2,5-8H2,1H3,(H,21,22). The number of nitrogens with zero attached hydrogens (tertiary/aromatic N) is 4. The molecule has 2 aromatic rings. The molecule has 1 fully saturated rings. The fourth-order valence-electron chi connectivity index (χ4n) is 2.66. The SMILES string of the molecule is CCN1CCN(C(=O)c2cnc(Nc3ccc(F)cc3F)cn2)CC1. The van der Waals surface area contributed by atoms with Gasteiger partial charge in [0.2, 0.25) is 0 Å². The molecule has 2 heterocycles. The number of carbonyl (C=O) groups excluding carboxylic acids is 1. The average Bonchev–Trinajstić information content (AvgIpc) is 2.64. The maximum Gasteiger partial charge on any atom is 0.274 e. The van der Waals surface area contributed by atoms with Gasteiger partial charge in [-0.05, 0) is 18.7 Å². The number of carbonyl (C=O) groups is 1. The van der Waals surface area contributed by atoms with Crippen LogP contribution >= 0.6 is 0 Å². The molecule has 1 aliphatic heterocycles. The molecule has 0 unspecified atom stereocenters. The van der Waals surface area contributed by atoms with Crippen LogP contribution in [0, 0.1) is 11.6 Å². The van der Waals surface area contributed by atoms with E-state index in [4.69, 9.17) is 0 Å². The van der Waals surface area contributed by atoms with Crippen molar-refractivity contribution in [2.75, 3.05) is 38.0 Å². The van der Waals surface area contributed by atoms with E-state index < -0.39 is 11.6 Å². The summed E-state index contributed by atoms with van der Waals surface area (Å²) < 4.78 is 26.5. The summed E-state index contributed by atoms with van der Waals surface area (Å²) in [6.07, 6.45) is 2.72. The molecule has 0 spiro atoms. The summed E-state index contributed by atoms with van der Waals surface area (Å²) in [6.45, 7) is 6.09. The molecule has 25 heavy (non-hydrogen) atoms. The van der Waals surface area contributed by atoms with Crippen LogP contribution in [0.1, 0.15) is 17.4 Å². The smallest absolute Gasteiger partial charge is 0.274 e. The maximum atomic E-state index is 13.6. The molecule has 1 aliphatic rings. The molecule has 0 atom stereocenters. The molecule has 8 heteroatoms. The highest BCUT2D eigenvalue weighted by Gasteiger charge is 2.22. The monoisotopic (exact) mass is 347 g/mol. The minimum atomic E-state index is -0.726. The van der Waals surface area contributed by atoms with Gasteiger partial charge in [-0.2, -0.15) is 0 Å². The normalized spacial score (nSPS) is 15.2. The number of anilines is 2. The van der Waals surface area contributed by atoms with Crippen molar-refractivity contribution in [3.8, 4) is 0 Å². The predicted molar refractivity (Wildman–Crippen MR) is 89.7 cm³/mol. The van der Waals surface area contributed by atoms with E-state index in [-0.39, 0.29) is 23.1 Å². The molecule has 132 valence electrons. The van der Waals surface area contributed by atoms with Crippen molar-refractivity contribution in [1.29, 1.82) is 0 Å². The number of hydrogen-bond donors (Lipinski definition) is 1. The van der Waals surface area contributed by atoms with Crippen LogP contribution in [0.2, 0.25) is 0 Å². The van der Waals surface area contributed by atoms with Crippen molar-refractivity contribution in [2.24, 2.45) is 0 Å². The van der Waals surface area contributed by atoms with Crippen LogP contribution in [0.5, 0.6) is 0 Å². The van der Waals surface area contributed by atoms with Crippen LogP contribution < -0.4 is 5.32 Å². The van der Waals surface area contributed by atoms with E-state index in [2.05, 4.69) is 27.1 Å². The van der Waals surface area contributed by atoms with Crippen LogP contribution in [0.25, 0.3) is 0 Å². The molecule has 0 saturated carbocycles. The van der Waals surface area contributed by atoms with Crippen LogP contribution in [-0.4, -0.2) is 58.4 Å². The summed E-state index contributed by atoms with van der Waals surface area (Å²) in [7, 11) is 0. The largest absolute Gasteiger partial charge is 0.337 e. The molecule has 0 bridgehead atoms. The first-order valence-electron chi connectivity index (χ1n) is 8.12. The third-order valence-electron chi connectivity index (χ3n) is 4.17. The lowest BCUT2D eigenvalue weighted by molar-refractivity contribution is 0.0637. The van der Waals surface area contributed by atoms with Gasteiger partial charge in [0.15, 0.2) is 0 Å². The van der Waals surface area contributed by atoms with Gasteiger partial charge >= 0.3 is 0 Å². The molecular formula is C17H19F2N5O. The maximum absolute atomic E-state index is 13.6. The minimum absolute atomic E-state index is 0.0884. The van der Waals surface area contributed by atoms with Gasteiger partial charge in [0, 0.05) is 32.2 Å². The Kier molecular flexibility index (Phi) is 5.18. The molecule has 0 aliphatic carbocycles. The van der Waals surface area contributed by atoms with Gasteiger partial charge in [-0.3, -0.25) is 4.79 Å². The van der Waals surface area contributed by atoms with E-state index in [0.717, 1.165) is 31.8 Å². The van der Waals surface area contributed by atoms with Crippen molar-refractivity contribution < 1.29 is 13.6 Å². The Labute approximate surface area is 144 Å². The summed E-state index contributed by atoms with van der Waals surface area (Å²) in [5.74, 6) is -1.27. The first-order valence-corrected chi connectivity index (χ1v) is 8.12. The Morgan fingerprint density at radius 3 is 2.52 bits per heavy atom. The highest BCUT2D eigenvalue weighted by atomic mass is 19.1. The van der Waals surface area contributed by atoms with Gasteiger partial charge < -0.3 is 15.1 Å². The van der Waals surface area contributed by atoms with Gasteiger partial charge in [-0.15, -0.1) is 0 Å². The molecule has 1 amide bonds. The number of halogens is 2. The summed E-state index contributed by atoms with van der Waals surface area (Å²) in [6, 6.07) is 3.20. The fourth-order valence-corrected chi connectivity index (χ4v) is 2.66. The molecule has 1 aromatic heterocycles. The second-order valence-electron chi connectivity index (χ2n) is 5.76. The van der Waals surface area contributed by atoms with Crippen molar-refractivity contribution in [3.05, 3.63) is 47.9 Å². The number of rotatable bonds is 4. The van der Waals surface area contributed by atoms with Crippen LogP contribution in [0.3, 0.4) is 0 Å². The molecule has 1 N–H and O–H groups in total. The summed E-state index contributed by atoms with van der Waals surface area (Å²) in [4.78, 5) is 24.7. The first-order chi connectivity index (χ1) is 12.1. The van der Waals surface area contributed by atoms with Gasteiger partial charge in [0.05, 0.1) is 18.1 Å². The van der Waals surface area contributed by atoms with Crippen molar-refractivity contribution in [3.63, 3.8) is 0 Å². The molecule has 0 radical (unpaired) electrons. The zero-order valence-corrected chi connectivity index (χ0v) is 13.9. The molecule has 1 aromatic carbocycles. The Morgan fingerprint density at radius 2 is 1.92 bits per heavy atom. The zero-order chi connectivity index (χ0) is 17.8. The van der Waals surface area contributed by atoms with Crippen LogP contribution in [0.15, 0.2) is 30.6 Å². The highest BCUT2D eigenvalue weighted by molar-refractivity contribution is 5.92. The lowest BCUT2D eigenvalue weighted by Gasteiger charge is -2.33. The molecular weight excluding hydrogens is 328 g/mol. The minimum Gasteiger partial charge on any atom is -0.337 e. The lowest BCUT2D eigenvalue weighted by Crippen LogP contribution is -2.48. The van der Waals surface area contributed by atoms with Crippen molar-refractivity contribution in [1.82, 2.24) is 19.8 Å².